The van der Waals surface area contributed by atoms with Crippen molar-refractivity contribution in [1.82, 2.24) is 4.72 Å². The summed E-state index contributed by atoms with van der Waals surface area (Å²) in [4.78, 5) is 13.7. The molecule has 0 heterocycles. The lowest BCUT2D eigenvalue weighted by Crippen LogP contribution is -2.37. The van der Waals surface area contributed by atoms with Crippen molar-refractivity contribution in [2.45, 2.75) is 25.7 Å². The number of hydrogen-bond donors (Lipinski definition) is 1. The predicted molar refractivity (Wildman–Crippen MR) is 95.6 cm³/mol. The fourth-order valence-electron chi connectivity index (χ4n) is 2.42. The number of carbonyl (C=O) groups is 1. The Bertz CT molecular complexity index is 814. The molecule has 2 rings (SSSR count). The van der Waals surface area contributed by atoms with E-state index in [4.69, 9.17) is 0 Å². The number of anilines is 1. The van der Waals surface area contributed by atoms with Gasteiger partial charge in [-0.1, -0.05) is 35.9 Å². The van der Waals surface area contributed by atoms with Crippen molar-refractivity contribution in [2.24, 2.45) is 0 Å². The Morgan fingerprint density at radius 3 is 2.25 bits per heavy atom. The molecule has 0 radical (unpaired) electrons. The van der Waals surface area contributed by atoms with E-state index in [1.165, 1.54) is 6.92 Å². The molecular formula is C18H22N2O3S. The molecule has 0 aromatic heterocycles. The maximum atomic E-state index is 12.4. The molecule has 128 valence electrons. The number of nitrogens with zero attached hydrogens (tertiary/aromatic N) is 1. The summed E-state index contributed by atoms with van der Waals surface area (Å²) in [5.41, 5.74) is 2.54. The van der Waals surface area contributed by atoms with Crippen LogP contribution in [0.4, 0.5) is 5.69 Å². The normalized spacial score (nSPS) is 11.3. The van der Waals surface area contributed by atoms with Crippen molar-refractivity contribution in [3.05, 3.63) is 59.7 Å². The first kappa shape index (κ1) is 18.2. The molecule has 5 nitrogen and oxygen atoms in total. The van der Waals surface area contributed by atoms with Gasteiger partial charge >= 0.3 is 0 Å². The van der Waals surface area contributed by atoms with E-state index < -0.39 is 10.0 Å². The molecule has 0 unspecified atom stereocenters. The molecule has 0 bridgehead atoms. The van der Waals surface area contributed by atoms with Gasteiger partial charge in [0.05, 0.1) is 4.90 Å². The van der Waals surface area contributed by atoms with Crippen LogP contribution in [0.15, 0.2) is 53.4 Å². The van der Waals surface area contributed by atoms with Crippen LogP contribution in [0.2, 0.25) is 0 Å². The number of rotatable bonds is 6. The number of benzene rings is 2. The highest BCUT2D eigenvalue weighted by molar-refractivity contribution is 7.89. The van der Waals surface area contributed by atoms with Gasteiger partial charge in [-0.15, -0.1) is 0 Å². The van der Waals surface area contributed by atoms with Crippen LogP contribution in [-0.4, -0.2) is 27.4 Å². The highest BCUT2D eigenvalue weighted by Gasteiger charge is 2.17. The lowest BCUT2D eigenvalue weighted by molar-refractivity contribution is -0.116. The summed E-state index contributed by atoms with van der Waals surface area (Å²) in [5, 5.41) is 0. The molecule has 6 heteroatoms. The molecule has 2 aromatic carbocycles. The number of sulfonamides is 1. The predicted octanol–water partition coefficient (Wildman–Crippen LogP) is 2.63. The quantitative estimate of drug-likeness (QED) is 0.874. The summed E-state index contributed by atoms with van der Waals surface area (Å²) in [7, 11) is -3.59. The van der Waals surface area contributed by atoms with Gasteiger partial charge in [0.2, 0.25) is 15.9 Å². The summed E-state index contributed by atoms with van der Waals surface area (Å²) in [5.74, 6) is -0.131. The van der Waals surface area contributed by atoms with Crippen LogP contribution >= 0.6 is 0 Å². The molecule has 1 amide bonds. The van der Waals surface area contributed by atoms with E-state index in [1.54, 1.807) is 36.1 Å². The first-order valence-corrected chi connectivity index (χ1v) is 9.19. The third-order valence-corrected chi connectivity index (χ3v) is 5.36. The number of hydrogen-bond acceptors (Lipinski definition) is 3. The summed E-state index contributed by atoms with van der Waals surface area (Å²) >= 11 is 0. The molecule has 0 aliphatic rings. The molecular weight excluding hydrogens is 324 g/mol. The SMILES string of the molecule is CC(=O)N(CCNS(=O)(=O)c1ccccc1C)c1ccc(C)cc1. The number of amides is 1. The van der Waals surface area contributed by atoms with Gasteiger partial charge in [0, 0.05) is 25.7 Å². The topological polar surface area (TPSA) is 66.5 Å². The Morgan fingerprint density at radius 2 is 1.67 bits per heavy atom. The molecule has 0 aliphatic carbocycles. The maximum Gasteiger partial charge on any atom is 0.240 e. The second kappa shape index (κ2) is 7.59. The van der Waals surface area contributed by atoms with Gasteiger partial charge in [-0.3, -0.25) is 4.79 Å². The molecule has 0 spiro atoms. The highest BCUT2D eigenvalue weighted by atomic mass is 32.2. The molecule has 24 heavy (non-hydrogen) atoms. The van der Waals surface area contributed by atoms with Crippen LogP contribution in [0.25, 0.3) is 0 Å². The maximum absolute atomic E-state index is 12.4. The number of nitrogens with one attached hydrogen (secondary N) is 1. The molecule has 0 aliphatic heterocycles. The van der Waals surface area contributed by atoms with Gasteiger partial charge in [-0.2, -0.15) is 0 Å². The smallest absolute Gasteiger partial charge is 0.240 e. The van der Waals surface area contributed by atoms with Gasteiger partial charge in [0.25, 0.3) is 0 Å². The summed E-state index contributed by atoms with van der Waals surface area (Å²) in [6, 6.07) is 14.4. The van der Waals surface area contributed by atoms with E-state index in [0.717, 1.165) is 11.3 Å². The van der Waals surface area contributed by atoms with E-state index >= 15 is 0 Å². The fourth-order valence-corrected chi connectivity index (χ4v) is 3.69. The molecule has 0 saturated carbocycles. The average molecular weight is 346 g/mol. The van der Waals surface area contributed by atoms with Crippen LogP contribution in [0, 0.1) is 13.8 Å². The third-order valence-electron chi connectivity index (χ3n) is 3.74. The molecule has 2 aromatic rings. The second-order valence-corrected chi connectivity index (χ2v) is 7.40. The summed E-state index contributed by atoms with van der Waals surface area (Å²) in [6.07, 6.45) is 0. The average Bonchev–Trinajstić information content (AvgIpc) is 2.52. The Kier molecular flexibility index (Phi) is 5.75. The Balaban J connectivity index is 2.07. The zero-order valence-electron chi connectivity index (χ0n) is 14.1. The monoisotopic (exact) mass is 346 g/mol. The van der Waals surface area contributed by atoms with Crippen LogP contribution < -0.4 is 9.62 Å². The zero-order valence-corrected chi connectivity index (χ0v) is 14.9. The molecule has 0 fully saturated rings. The largest absolute Gasteiger partial charge is 0.311 e. The van der Waals surface area contributed by atoms with E-state index in [9.17, 15) is 13.2 Å². The Hall–Kier alpha value is -2.18. The van der Waals surface area contributed by atoms with Gasteiger partial charge in [-0.25, -0.2) is 13.1 Å². The minimum Gasteiger partial charge on any atom is -0.311 e. The first-order chi connectivity index (χ1) is 11.3. The Labute approximate surface area is 143 Å². The van der Waals surface area contributed by atoms with Crippen molar-refractivity contribution >= 4 is 21.6 Å². The highest BCUT2D eigenvalue weighted by Crippen LogP contribution is 2.16. The first-order valence-electron chi connectivity index (χ1n) is 7.71. The van der Waals surface area contributed by atoms with E-state index in [0.29, 0.717) is 5.56 Å². The lowest BCUT2D eigenvalue weighted by Gasteiger charge is -2.21. The van der Waals surface area contributed by atoms with E-state index in [-0.39, 0.29) is 23.9 Å². The fraction of sp³-hybridized carbons (Fsp3) is 0.278. The van der Waals surface area contributed by atoms with E-state index in [1.807, 2.05) is 31.2 Å². The lowest BCUT2D eigenvalue weighted by atomic mass is 10.2. The molecule has 0 atom stereocenters. The van der Waals surface area contributed by atoms with Crippen LogP contribution in [-0.2, 0) is 14.8 Å². The minimum atomic E-state index is -3.59. The van der Waals surface area contributed by atoms with Crippen molar-refractivity contribution in [2.75, 3.05) is 18.0 Å². The summed E-state index contributed by atoms with van der Waals surface area (Å²) < 4.78 is 27.3. The summed E-state index contributed by atoms with van der Waals surface area (Å²) in [6.45, 7) is 5.60. The van der Waals surface area contributed by atoms with Gasteiger partial charge in [-0.05, 0) is 37.6 Å². The van der Waals surface area contributed by atoms with Crippen molar-refractivity contribution in [1.29, 1.82) is 0 Å². The number of carbonyl (C=O) groups excluding carboxylic acids is 1. The molecule has 0 saturated heterocycles. The van der Waals surface area contributed by atoms with Gasteiger partial charge < -0.3 is 4.90 Å². The van der Waals surface area contributed by atoms with Crippen molar-refractivity contribution in [3.8, 4) is 0 Å². The van der Waals surface area contributed by atoms with Gasteiger partial charge in [0.1, 0.15) is 0 Å². The van der Waals surface area contributed by atoms with E-state index in [2.05, 4.69) is 4.72 Å². The third kappa shape index (κ3) is 4.43. The number of aryl methyl sites for hydroxylation is 2. The van der Waals surface area contributed by atoms with Crippen LogP contribution in [0.3, 0.4) is 0 Å². The standard InChI is InChI=1S/C18H22N2O3S/c1-14-8-10-17(11-9-14)20(16(3)21)13-12-19-24(22,23)18-7-5-4-6-15(18)2/h4-11,19H,12-13H2,1-3H3. The second-order valence-electron chi connectivity index (χ2n) is 5.67. The van der Waals surface area contributed by atoms with Crippen molar-refractivity contribution in [3.63, 3.8) is 0 Å². The van der Waals surface area contributed by atoms with Gasteiger partial charge in [0.15, 0.2) is 0 Å². The Morgan fingerprint density at radius 1 is 1.04 bits per heavy atom. The minimum absolute atomic E-state index is 0.131. The van der Waals surface area contributed by atoms with Crippen molar-refractivity contribution < 1.29 is 13.2 Å². The molecule has 1 N–H and O–H groups in total. The van der Waals surface area contributed by atoms with Crippen LogP contribution in [0.5, 0.6) is 0 Å². The zero-order chi connectivity index (χ0) is 17.7. The van der Waals surface area contributed by atoms with Crippen LogP contribution in [0.1, 0.15) is 18.1 Å².